The predicted octanol–water partition coefficient (Wildman–Crippen LogP) is 0.494. The van der Waals surface area contributed by atoms with Gasteiger partial charge in [-0.1, -0.05) is 0 Å². The predicted molar refractivity (Wildman–Crippen MR) is 94.1 cm³/mol. The molecule has 1 aromatic heterocycles. The van der Waals surface area contributed by atoms with E-state index in [4.69, 9.17) is 14.2 Å². The van der Waals surface area contributed by atoms with Crippen LogP contribution >= 0.6 is 0 Å². The minimum Gasteiger partial charge on any atom is -0.474 e. The van der Waals surface area contributed by atoms with Gasteiger partial charge in [-0.2, -0.15) is 0 Å². The fraction of sp³-hybridized carbons (Fsp3) is 0.647. The van der Waals surface area contributed by atoms with Gasteiger partial charge in [-0.3, -0.25) is 9.59 Å². The molecule has 0 bridgehead atoms. The normalized spacial score (nSPS) is 14.2. The first-order valence-corrected chi connectivity index (χ1v) is 8.78. The average Bonchev–Trinajstić information content (AvgIpc) is 2.67. The Hall–Kier alpha value is -2.42. The van der Waals surface area contributed by atoms with Crippen LogP contribution in [0.5, 0.6) is 5.88 Å². The van der Waals surface area contributed by atoms with Crippen LogP contribution in [0.1, 0.15) is 19.8 Å². The van der Waals surface area contributed by atoms with Crippen molar-refractivity contribution in [2.75, 3.05) is 58.0 Å². The van der Waals surface area contributed by atoms with Crippen LogP contribution in [0, 0.1) is 0 Å². The standard InChI is InChI=1S/C17H26N4O5/c1-3-25-17(23)7-6-16(22)21-10-8-20(9-11-21)14-4-5-15(19-18-14)26-13-12-24-2/h4-5H,3,6-13H2,1-2H3. The van der Waals surface area contributed by atoms with Gasteiger partial charge < -0.3 is 24.0 Å². The van der Waals surface area contributed by atoms with Crippen molar-refractivity contribution in [3.8, 4) is 5.88 Å². The Morgan fingerprint density at radius 3 is 2.46 bits per heavy atom. The number of hydrogen-bond acceptors (Lipinski definition) is 8. The highest BCUT2D eigenvalue weighted by Gasteiger charge is 2.22. The molecule has 0 aliphatic carbocycles. The molecule has 0 radical (unpaired) electrons. The first-order valence-electron chi connectivity index (χ1n) is 8.78. The number of carbonyl (C=O) groups is 2. The molecule has 0 atom stereocenters. The molecule has 2 rings (SSSR count). The molecule has 9 nitrogen and oxygen atoms in total. The van der Waals surface area contributed by atoms with E-state index >= 15 is 0 Å². The number of aromatic nitrogens is 2. The Kier molecular flexibility index (Phi) is 8.07. The molecule has 0 unspecified atom stereocenters. The summed E-state index contributed by atoms with van der Waals surface area (Å²) in [6.07, 6.45) is 0.315. The summed E-state index contributed by atoms with van der Waals surface area (Å²) in [6.45, 7) is 5.54. The lowest BCUT2D eigenvalue weighted by atomic mass is 10.2. The van der Waals surface area contributed by atoms with E-state index in [1.54, 1.807) is 25.0 Å². The zero-order valence-electron chi connectivity index (χ0n) is 15.3. The molecule has 0 N–H and O–H groups in total. The largest absolute Gasteiger partial charge is 0.474 e. The summed E-state index contributed by atoms with van der Waals surface area (Å²) in [6, 6.07) is 3.63. The van der Waals surface area contributed by atoms with E-state index in [1.807, 2.05) is 6.07 Å². The van der Waals surface area contributed by atoms with Gasteiger partial charge in [-0.15, -0.1) is 10.2 Å². The van der Waals surface area contributed by atoms with Crippen molar-refractivity contribution >= 4 is 17.7 Å². The molecular formula is C17H26N4O5. The second-order valence-electron chi connectivity index (χ2n) is 5.74. The summed E-state index contributed by atoms with van der Waals surface area (Å²) in [4.78, 5) is 27.3. The Balaban J connectivity index is 1.75. The number of nitrogens with zero attached hydrogens (tertiary/aromatic N) is 4. The molecule has 0 saturated carbocycles. The van der Waals surface area contributed by atoms with Gasteiger partial charge in [0.15, 0.2) is 5.82 Å². The second-order valence-corrected chi connectivity index (χ2v) is 5.74. The summed E-state index contributed by atoms with van der Waals surface area (Å²) in [5, 5.41) is 8.22. The van der Waals surface area contributed by atoms with E-state index in [2.05, 4.69) is 15.1 Å². The topological polar surface area (TPSA) is 94.1 Å². The number of esters is 1. The highest BCUT2D eigenvalue weighted by molar-refractivity contribution is 5.81. The van der Waals surface area contributed by atoms with Gasteiger partial charge in [0.2, 0.25) is 11.8 Å². The smallest absolute Gasteiger partial charge is 0.306 e. The first-order chi connectivity index (χ1) is 12.6. The van der Waals surface area contributed by atoms with Crippen LogP contribution in [0.4, 0.5) is 5.82 Å². The van der Waals surface area contributed by atoms with Crippen molar-refractivity contribution in [3.05, 3.63) is 12.1 Å². The average molecular weight is 366 g/mol. The number of carbonyl (C=O) groups excluding carboxylic acids is 2. The highest BCUT2D eigenvalue weighted by atomic mass is 16.5. The quantitative estimate of drug-likeness (QED) is 0.460. The molecule has 0 aromatic carbocycles. The zero-order chi connectivity index (χ0) is 18.8. The second kappa shape index (κ2) is 10.5. The number of amides is 1. The SMILES string of the molecule is CCOC(=O)CCC(=O)N1CCN(c2ccc(OCCOC)nn2)CC1. The minimum atomic E-state index is -0.331. The first kappa shape index (κ1) is 19.9. The molecule has 9 heteroatoms. The van der Waals surface area contributed by atoms with Crippen molar-refractivity contribution in [2.24, 2.45) is 0 Å². The van der Waals surface area contributed by atoms with E-state index < -0.39 is 0 Å². The minimum absolute atomic E-state index is 0.0225. The molecule has 1 aliphatic heterocycles. The third-order valence-electron chi connectivity index (χ3n) is 3.97. The lowest BCUT2D eigenvalue weighted by Gasteiger charge is -2.35. The Labute approximate surface area is 153 Å². The molecule has 1 saturated heterocycles. The molecule has 26 heavy (non-hydrogen) atoms. The van der Waals surface area contributed by atoms with Crippen LogP contribution in [0.15, 0.2) is 12.1 Å². The van der Waals surface area contributed by atoms with Gasteiger partial charge in [-0.25, -0.2) is 0 Å². The van der Waals surface area contributed by atoms with E-state index in [0.717, 1.165) is 5.82 Å². The van der Waals surface area contributed by atoms with Crippen LogP contribution in [0.25, 0.3) is 0 Å². The summed E-state index contributed by atoms with van der Waals surface area (Å²) >= 11 is 0. The van der Waals surface area contributed by atoms with Crippen LogP contribution in [0.2, 0.25) is 0 Å². The Morgan fingerprint density at radius 1 is 1.08 bits per heavy atom. The molecule has 1 aromatic rings. The molecule has 144 valence electrons. The number of rotatable bonds is 9. The van der Waals surface area contributed by atoms with Gasteiger partial charge in [0.25, 0.3) is 0 Å². The molecular weight excluding hydrogens is 340 g/mol. The van der Waals surface area contributed by atoms with Gasteiger partial charge in [-0.05, 0) is 13.0 Å². The third kappa shape index (κ3) is 6.14. The molecule has 1 fully saturated rings. The summed E-state index contributed by atoms with van der Waals surface area (Å²) in [5.74, 6) is 0.856. The molecule has 2 heterocycles. The molecule has 1 amide bonds. The number of hydrogen-bond donors (Lipinski definition) is 0. The fourth-order valence-corrected chi connectivity index (χ4v) is 2.57. The van der Waals surface area contributed by atoms with E-state index in [0.29, 0.717) is 51.9 Å². The van der Waals surface area contributed by atoms with Gasteiger partial charge in [0.05, 0.1) is 19.6 Å². The van der Waals surface area contributed by atoms with Crippen LogP contribution < -0.4 is 9.64 Å². The molecule has 0 spiro atoms. The maximum Gasteiger partial charge on any atom is 0.306 e. The van der Waals surface area contributed by atoms with Crippen molar-refractivity contribution < 1.29 is 23.8 Å². The van der Waals surface area contributed by atoms with Gasteiger partial charge >= 0.3 is 5.97 Å². The number of piperazine rings is 1. The fourth-order valence-electron chi connectivity index (χ4n) is 2.57. The maximum absolute atomic E-state index is 12.2. The van der Waals surface area contributed by atoms with Crippen LogP contribution in [0.3, 0.4) is 0 Å². The number of anilines is 1. The maximum atomic E-state index is 12.2. The van der Waals surface area contributed by atoms with Crippen LogP contribution in [-0.2, 0) is 19.1 Å². The summed E-state index contributed by atoms with van der Waals surface area (Å²) in [7, 11) is 1.61. The summed E-state index contributed by atoms with van der Waals surface area (Å²) < 4.78 is 15.2. The van der Waals surface area contributed by atoms with E-state index in [-0.39, 0.29) is 24.7 Å². The Bertz CT molecular complexity index is 573. The lowest BCUT2D eigenvalue weighted by Crippen LogP contribution is -2.49. The van der Waals surface area contributed by atoms with E-state index in [9.17, 15) is 9.59 Å². The van der Waals surface area contributed by atoms with Crippen LogP contribution in [-0.4, -0.2) is 80.1 Å². The lowest BCUT2D eigenvalue weighted by molar-refractivity contribution is -0.145. The van der Waals surface area contributed by atoms with E-state index in [1.165, 1.54) is 0 Å². The Morgan fingerprint density at radius 2 is 1.85 bits per heavy atom. The van der Waals surface area contributed by atoms with Crippen molar-refractivity contribution in [1.29, 1.82) is 0 Å². The zero-order valence-corrected chi connectivity index (χ0v) is 15.3. The van der Waals surface area contributed by atoms with Crippen molar-refractivity contribution in [1.82, 2.24) is 15.1 Å². The number of methoxy groups -OCH3 is 1. The number of ether oxygens (including phenoxy) is 3. The molecule has 1 aliphatic rings. The van der Waals surface area contributed by atoms with Crippen molar-refractivity contribution in [3.63, 3.8) is 0 Å². The third-order valence-corrected chi connectivity index (χ3v) is 3.97. The van der Waals surface area contributed by atoms with Gasteiger partial charge in [0.1, 0.15) is 6.61 Å². The highest BCUT2D eigenvalue weighted by Crippen LogP contribution is 2.16. The van der Waals surface area contributed by atoms with Crippen molar-refractivity contribution in [2.45, 2.75) is 19.8 Å². The monoisotopic (exact) mass is 366 g/mol. The summed E-state index contributed by atoms with van der Waals surface area (Å²) in [5.41, 5.74) is 0. The van der Waals surface area contributed by atoms with Gasteiger partial charge in [0, 0.05) is 45.8 Å².